The Morgan fingerprint density at radius 2 is 1.85 bits per heavy atom. The number of hydrogen-bond donors (Lipinski definition) is 2. The lowest BCUT2D eigenvalue weighted by Gasteiger charge is -2.18. The fourth-order valence-electron chi connectivity index (χ4n) is 5.26. The third-order valence-corrected chi connectivity index (χ3v) is 8.17. The van der Waals surface area contributed by atoms with Gasteiger partial charge in [0.15, 0.2) is 0 Å². The summed E-state index contributed by atoms with van der Waals surface area (Å²) >= 11 is 8.40. The van der Waals surface area contributed by atoms with Gasteiger partial charge in [-0.2, -0.15) is 12.6 Å². The van der Waals surface area contributed by atoms with Crippen LogP contribution >= 0.6 is 41.0 Å². The van der Waals surface area contributed by atoms with E-state index in [0.29, 0.717) is 38.8 Å². The molecule has 5 rings (SSSR count). The van der Waals surface area contributed by atoms with Crippen molar-refractivity contribution in [3.8, 4) is 11.5 Å². The molecule has 1 aromatic heterocycles. The Hall–Kier alpha value is -2.08. The first kappa shape index (κ1) is 29.9. The molecule has 3 aromatic rings. The maximum Gasteiger partial charge on any atom is 0.573 e. The van der Waals surface area contributed by atoms with E-state index in [-0.39, 0.29) is 36.6 Å². The Morgan fingerprint density at radius 3 is 2.41 bits per heavy atom. The van der Waals surface area contributed by atoms with Crippen molar-refractivity contribution in [2.45, 2.75) is 56.8 Å². The standard InChI is InChI=1S/C27H28BrF3N2O4S.ClH/c1-2-36-26(35)22-21-18(14-32-11-3-4-12-32)24(34)19(28)13-20(21)33(16-7-8-16)23(22)25(38)15-5-9-17(10-6-15)37-27(29,30)31;/h5-6,9-10,13,16,25,34,38H,2-4,7-8,11-12,14H2,1H3;1H. The summed E-state index contributed by atoms with van der Waals surface area (Å²) in [5, 5.41) is 11.1. The lowest BCUT2D eigenvalue weighted by Crippen LogP contribution is -2.19. The Labute approximate surface area is 244 Å². The van der Waals surface area contributed by atoms with Crippen LogP contribution in [0.1, 0.15) is 71.1 Å². The van der Waals surface area contributed by atoms with Gasteiger partial charge in [0.1, 0.15) is 11.5 Å². The monoisotopic (exact) mass is 648 g/mol. The van der Waals surface area contributed by atoms with E-state index in [0.717, 1.165) is 44.3 Å². The van der Waals surface area contributed by atoms with E-state index in [1.54, 1.807) is 6.92 Å². The highest BCUT2D eigenvalue weighted by Crippen LogP contribution is 2.49. The lowest BCUT2D eigenvalue weighted by molar-refractivity contribution is -0.274. The zero-order valence-electron chi connectivity index (χ0n) is 21.1. The molecule has 0 bridgehead atoms. The first-order valence-electron chi connectivity index (χ1n) is 12.6. The summed E-state index contributed by atoms with van der Waals surface area (Å²) in [6.45, 7) is 4.18. The topological polar surface area (TPSA) is 63.9 Å². The molecule has 2 heterocycles. The van der Waals surface area contributed by atoms with Crippen LogP contribution in [0.15, 0.2) is 34.8 Å². The number of benzene rings is 2. The van der Waals surface area contributed by atoms with E-state index in [1.165, 1.54) is 24.3 Å². The molecule has 2 aromatic carbocycles. The van der Waals surface area contributed by atoms with Crippen LogP contribution in [0, 0.1) is 0 Å². The lowest BCUT2D eigenvalue weighted by atomic mass is 10.00. The molecule has 0 spiro atoms. The van der Waals surface area contributed by atoms with Gasteiger partial charge in [-0.05, 0) is 85.4 Å². The van der Waals surface area contributed by atoms with Crippen LogP contribution in [0.25, 0.3) is 10.9 Å². The number of aromatic hydroxyl groups is 1. The summed E-state index contributed by atoms with van der Waals surface area (Å²) in [5.41, 5.74) is 2.98. The predicted octanol–water partition coefficient (Wildman–Crippen LogP) is 7.56. The molecule has 1 N–H and O–H groups in total. The van der Waals surface area contributed by atoms with Crippen molar-refractivity contribution in [1.29, 1.82) is 0 Å². The second-order valence-electron chi connectivity index (χ2n) is 9.66. The number of halogens is 5. The number of phenols is 1. The van der Waals surface area contributed by atoms with Crippen LogP contribution in [0.2, 0.25) is 0 Å². The third kappa shape index (κ3) is 6.16. The van der Waals surface area contributed by atoms with Crippen LogP contribution < -0.4 is 4.74 Å². The normalized spacial score (nSPS) is 16.8. The van der Waals surface area contributed by atoms with E-state index < -0.39 is 17.6 Å². The minimum Gasteiger partial charge on any atom is -0.506 e. The second kappa shape index (κ2) is 11.8. The number of thiol groups is 1. The first-order chi connectivity index (χ1) is 18.1. The van der Waals surface area contributed by atoms with E-state index in [4.69, 9.17) is 17.4 Å². The van der Waals surface area contributed by atoms with E-state index in [9.17, 15) is 23.1 Å². The number of aromatic nitrogens is 1. The molecule has 2 aliphatic rings. The molecular formula is C27H29BrClF3N2O4S. The van der Waals surface area contributed by atoms with E-state index in [2.05, 4.69) is 30.1 Å². The first-order valence-corrected chi connectivity index (χ1v) is 13.9. The molecule has 1 saturated heterocycles. The van der Waals surface area contributed by atoms with Gasteiger partial charge < -0.3 is 19.1 Å². The van der Waals surface area contributed by atoms with Crippen LogP contribution in [0.3, 0.4) is 0 Å². The van der Waals surface area contributed by atoms with Gasteiger partial charge in [0, 0.05) is 23.5 Å². The van der Waals surface area contributed by atoms with E-state index in [1.807, 2.05) is 6.07 Å². The van der Waals surface area contributed by atoms with Gasteiger partial charge >= 0.3 is 12.3 Å². The fraction of sp³-hybridized carbons (Fsp3) is 0.444. The third-order valence-electron chi connectivity index (χ3n) is 7.02. The van der Waals surface area contributed by atoms with Crippen molar-refractivity contribution in [3.05, 3.63) is 57.2 Å². The number of carbonyl (C=O) groups is 1. The van der Waals surface area contributed by atoms with Gasteiger partial charge in [-0.15, -0.1) is 25.6 Å². The Bertz CT molecular complexity index is 1360. The van der Waals surface area contributed by atoms with Crippen molar-refractivity contribution in [3.63, 3.8) is 0 Å². The summed E-state index contributed by atoms with van der Waals surface area (Å²) in [6.07, 6.45) is -0.818. The van der Waals surface area contributed by atoms with Crippen molar-refractivity contribution in [1.82, 2.24) is 9.47 Å². The number of ether oxygens (including phenoxy) is 2. The molecule has 1 atom stereocenters. The highest BCUT2D eigenvalue weighted by molar-refractivity contribution is 9.10. The number of rotatable bonds is 8. The van der Waals surface area contributed by atoms with Gasteiger partial charge in [-0.25, -0.2) is 4.79 Å². The van der Waals surface area contributed by atoms with Crippen molar-refractivity contribution in [2.75, 3.05) is 19.7 Å². The fourth-order valence-corrected chi connectivity index (χ4v) is 6.14. The summed E-state index contributed by atoms with van der Waals surface area (Å²) in [7, 11) is 0. The number of esters is 1. The van der Waals surface area contributed by atoms with Gasteiger partial charge in [0.2, 0.25) is 0 Å². The minimum absolute atomic E-state index is 0. The highest BCUT2D eigenvalue weighted by Gasteiger charge is 2.37. The Morgan fingerprint density at radius 1 is 1.21 bits per heavy atom. The number of carbonyl (C=O) groups excluding carboxylic acids is 1. The van der Waals surface area contributed by atoms with Crippen LogP contribution in [0.4, 0.5) is 13.2 Å². The SMILES string of the molecule is CCOC(=O)c1c(C(S)c2ccc(OC(F)(F)F)cc2)n(C2CC2)c2cc(Br)c(O)c(CN3CCCC3)c12.Cl. The zero-order valence-corrected chi connectivity index (χ0v) is 24.4. The largest absolute Gasteiger partial charge is 0.573 e. The number of phenolic OH excluding ortho intramolecular Hbond substituents is 1. The van der Waals surface area contributed by atoms with Crippen LogP contribution in [-0.2, 0) is 11.3 Å². The molecule has 1 aliphatic carbocycles. The van der Waals surface area contributed by atoms with Gasteiger partial charge in [-0.3, -0.25) is 4.90 Å². The molecule has 1 aliphatic heterocycles. The number of likely N-dealkylation sites (tertiary alicyclic amines) is 1. The van der Waals surface area contributed by atoms with Crippen LogP contribution in [0.5, 0.6) is 11.5 Å². The maximum atomic E-state index is 13.5. The predicted molar refractivity (Wildman–Crippen MR) is 151 cm³/mol. The van der Waals surface area contributed by atoms with Crippen molar-refractivity contribution >= 4 is 57.8 Å². The van der Waals surface area contributed by atoms with E-state index >= 15 is 0 Å². The average molecular weight is 650 g/mol. The molecule has 212 valence electrons. The van der Waals surface area contributed by atoms with Crippen molar-refractivity contribution < 1.29 is 32.5 Å². The average Bonchev–Trinajstić information content (AvgIpc) is 3.45. The van der Waals surface area contributed by atoms with Gasteiger partial charge in [0.25, 0.3) is 0 Å². The number of alkyl halides is 3. The molecule has 2 fully saturated rings. The molecular weight excluding hydrogens is 621 g/mol. The maximum absolute atomic E-state index is 13.5. The minimum atomic E-state index is -4.79. The highest BCUT2D eigenvalue weighted by atomic mass is 79.9. The number of fused-ring (bicyclic) bond motifs is 1. The Balaban J connectivity index is 0.00000353. The Kier molecular flexibility index (Phi) is 9.05. The molecule has 1 unspecified atom stereocenters. The number of nitrogens with zero attached hydrogens (tertiary/aromatic N) is 2. The van der Waals surface area contributed by atoms with Crippen molar-refractivity contribution in [2.24, 2.45) is 0 Å². The summed E-state index contributed by atoms with van der Waals surface area (Å²) in [6, 6.07) is 7.46. The molecule has 6 nitrogen and oxygen atoms in total. The zero-order chi connectivity index (χ0) is 27.2. The number of hydrogen-bond acceptors (Lipinski definition) is 6. The quantitative estimate of drug-likeness (QED) is 0.195. The molecule has 0 amide bonds. The summed E-state index contributed by atoms with van der Waals surface area (Å²) < 4.78 is 50.2. The molecule has 0 radical (unpaired) electrons. The van der Waals surface area contributed by atoms with Crippen LogP contribution in [-0.4, -0.2) is 46.6 Å². The summed E-state index contributed by atoms with van der Waals surface area (Å²) in [4.78, 5) is 15.8. The summed E-state index contributed by atoms with van der Waals surface area (Å²) in [5.74, 6) is -0.775. The molecule has 12 heteroatoms. The second-order valence-corrected chi connectivity index (χ2v) is 11.0. The molecule has 39 heavy (non-hydrogen) atoms. The van der Waals surface area contributed by atoms with Gasteiger partial charge in [-0.1, -0.05) is 12.1 Å². The molecule has 1 saturated carbocycles. The van der Waals surface area contributed by atoms with Gasteiger partial charge in [0.05, 0.1) is 33.1 Å². The smallest absolute Gasteiger partial charge is 0.506 e.